The van der Waals surface area contributed by atoms with Gasteiger partial charge in [0.15, 0.2) is 0 Å². The predicted molar refractivity (Wildman–Crippen MR) is 161 cm³/mol. The minimum Gasteiger partial charge on any atom is -0.366 e. The van der Waals surface area contributed by atoms with Crippen molar-refractivity contribution in [2.75, 3.05) is 13.2 Å². The summed E-state index contributed by atoms with van der Waals surface area (Å²) in [7, 11) is 0. The Hall–Kier alpha value is -4.02. The quantitative estimate of drug-likeness (QED) is 0.125. The Balaban J connectivity index is 1.22. The molecule has 200 valence electrons. The van der Waals surface area contributed by atoms with E-state index in [0.717, 1.165) is 36.3 Å². The first-order valence-electron chi connectivity index (χ1n) is 14.1. The molecule has 0 aliphatic carbocycles. The Labute approximate surface area is 237 Å². The van der Waals surface area contributed by atoms with Gasteiger partial charge in [0.05, 0.1) is 12.7 Å². The summed E-state index contributed by atoms with van der Waals surface area (Å²) < 4.78 is 13.3. The topological polar surface area (TPSA) is 25.0 Å². The van der Waals surface area contributed by atoms with Gasteiger partial charge in [0.2, 0.25) is 0 Å². The van der Waals surface area contributed by atoms with Gasteiger partial charge in [-0.2, -0.15) is 0 Å². The molecule has 1 aliphatic heterocycles. The van der Waals surface area contributed by atoms with Gasteiger partial charge in [-0.15, -0.1) is 0 Å². The molecule has 0 saturated carbocycles. The minimum absolute atomic E-state index is 0.0459. The first-order valence-corrected chi connectivity index (χ1v) is 14.1. The van der Waals surface area contributed by atoms with Crippen LogP contribution in [0.1, 0.15) is 27.8 Å². The summed E-state index contributed by atoms with van der Waals surface area (Å²) in [6, 6.07) is 53.0. The van der Waals surface area contributed by atoms with Gasteiger partial charge in [-0.25, -0.2) is 0 Å². The Morgan fingerprint density at radius 2 is 0.875 bits per heavy atom. The summed E-state index contributed by atoms with van der Waals surface area (Å²) in [6.45, 7) is 3.12. The van der Waals surface area contributed by atoms with Crippen LogP contribution < -0.4 is 0 Å². The van der Waals surface area contributed by atoms with E-state index in [-0.39, 0.29) is 12.2 Å². The molecule has 0 aromatic heterocycles. The summed E-state index contributed by atoms with van der Waals surface area (Å²) in [5.41, 5.74) is 5.22. The fourth-order valence-electron chi connectivity index (χ4n) is 5.58. The molecule has 3 nitrogen and oxygen atoms in total. The molecule has 1 aliphatic rings. The average Bonchev–Trinajstić information content (AvgIpc) is 3.77. The smallest absolute Gasteiger partial charge is 0.143 e. The highest BCUT2D eigenvalue weighted by Gasteiger charge is 2.44. The molecule has 5 aromatic rings. The molecular formula is C37H35NO2. The summed E-state index contributed by atoms with van der Waals surface area (Å²) in [5, 5.41) is 0. The second-order valence-electron chi connectivity index (χ2n) is 10.4. The number of nitrogens with zero attached hydrogens (tertiary/aromatic N) is 1. The van der Waals surface area contributed by atoms with E-state index in [9.17, 15) is 0 Å². The molecule has 2 unspecified atom stereocenters. The molecule has 0 radical (unpaired) electrons. The van der Waals surface area contributed by atoms with Crippen molar-refractivity contribution in [1.82, 2.24) is 4.90 Å². The SMILES string of the molecule is c1ccc(CN(Cc2ccccc2)CC2OC2COC(c2ccccc2)(c2ccccc2)c2ccccc2)cc1. The molecule has 0 N–H and O–H groups in total. The molecular weight excluding hydrogens is 490 g/mol. The molecule has 1 saturated heterocycles. The molecule has 1 fully saturated rings. The average molecular weight is 526 g/mol. The summed E-state index contributed by atoms with van der Waals surface area (Å²) in [4.78, 5) is 2.48. The third-order valence-electron chi connectivity index (χ3n) is 7.63. The van der Waals surface area contributed by atoms with E-state index >= 15 is 0 Å². The number of epoxide rings is 1. The highest BCUT2D eigenvalue weighted by atomic mass is 16.6. The molecule has 1 heterocycles. The van der Waals surface area contributed by atoms with Gasteiger partial charge in [0, 0.05) is 19.6 Å². The summed E-state index contributed by atoms with van der Waals surface area (Å²) in [5.74, 6) is 0. The number of benzene rings is 5. The van der Waals surface area contributed by atoms with Crippen molar-refractivity contribution in [3.05, 3.63) is 179 Å². The zero-order valence-electron chi connectivity index (χ0n) is 22.7. The van der Waals surface area contributed by atoms with E-state index in [1.165, 1.54) is 11.1 Å². The van der Waals surface area contributed by atoms with Gasteiger partial charge in [0.25, 0.3) is 0 Å². The van der Waals surface area contributed by atoms with Crippen LogP contribution >= 0.6 is 0 Å². The largest absolute Gasteiger partial charge is 0.366 e. The summed E-state index contributed by atoms with van der Waals surface area (Å²) >= 11 is 0. The number of hydrogen-bond donors (Lipinski definition) is 0. The van der Waals surface area contributed by atoms with Crippen molar-refractivity contribution in [3.63, 3.8) is 0 Å². The molecule has 0 amide bonds. The minimum atomic E-state index is -0.728. The standard InChI is InChI=1S/C37H35NO2/c1-6-16-30(17-7-1)26-38(27-31-18-8-2-9-19-31)28-35-36(40-35)29-39-37(32-20-10-3-11-21-32,33-22-12-4-13-23-33)34-24-14-5-15-25-34/h1-25,35-36H,26-29H2. The number of rotatable bonds is 12. The van der Waals surface area contributed by atoms with Crippen molar-refractivity contribution >= 4 is 0 Å². The Kier molecular flexibility index (Phi) is 8.15. The van der Waals surface area contributed by atoms with Crippen LogP contribution in [-0.2, 0) is 28.2 Å². The maximum absolute atomic E-state index is 7.02. The molecule has 0 spiro atoms. The number of ether oxygens (including phenoxy) is 2. The lowest BCUT2D eigenvalue weighted by atomic mass is 9.80. The molecule has 40 heavy (non-hydrogen) atoms. The molecule has 6 rings (SSSR count). The van der Waals surface area contributed by atoms with Crippen molar-refractivity contribution in [3.8, 4) is 0 Å². The van der Waals surface area contributed by atoms with E-state index in [1.807, 2.05) is 0 Å². The van der Waals surface area contributed by atoms with Gasteiger partial charge < -0.3 is 9.47 Å². The van der Waals surface area contributed by atoms with Crippen LogP contribution in [-0.4, -0.2) is 30.3 Å². The lowest BCUT2D eigenvalue weighted by Crippen LogP contribution is -2.35. The van der Waals surface area contributed by atoms with Crippen molar-refractivity contribution in [2.45, 2.75) is 30.9 Å². The van der Waals surface area contributed by atoms with E-state index < -0.39 is 5.60 Å². The zero-order valence-corrected chi connectivity index (χ0v) is 22.7. The van der Waals surface area contributed by atoms with Gasteiger partial charge in [-0.3, -0.25) is 4.90 Å². The van der Waals surface area contributed by atoms with Crippen LogP contribution in [0.5, 0.6) is 0 Å². The first kappa shape index (κ1) is 26.2. The molecule has 3 heteroatoms. The lowest BCUT2D eigenvalue weighted by molar-refractivity contribution is 0.00426. The predicted octanol–water partition coefficient (Wildman–Crippen LogP) is 7.46. The van der Waals surface area contributed by atoms with E-state index in [4.69, 9.17) is 9.47 Å². The molecule has 5 aromatic carbocycles. The maximum atomic E-state index is 7.02. The first-order chi connectivity index (χ1) is 19.8. The van der Waals surface area contributed by atoms with Crippen molar-refractivity contribution in [1.29, 1.82) is 0 Å². The molecule has 2 atom stereocenters. The maximum Gasteiger partial charge on any atom is 0.143 e. The second-order valence-corrected chi connectivity index (χ2v) is 10.4. The highest BCUT2D eigenvalue weighted by molar-refractivity contribution is 5.47. The second kappa shape index (κ2) is 12.4. The van der Waals surface area contributed by atoms with Crippen molar-refractivity contribution < 1.29 is 9.47 Å². The third kappa shape index (κ3) is 6.08. The fourth-order valence-corrected chi connectivity index (χ4v) is 5.58. The van der Waals surface area contributed by atoms with Crippen molar-refractivity contribution in [2.24, 2.45) is 0 Å². The van der Waals surface area contributed by atoms with E-state index in [2.05, 4.69) is 157 Å². The fraction of sp³-hybridized carbons (Fsp3) is 0.189. The van der Waals surface area contributed by atoms with Gasteiger partial charge in [-0.1, -0.05) is 152 Å². The van der Waals surface area contributed by atoms with Crippen LogP contribution in [0.25, 0.3) is 0 Å². The monoisotopic (exact) mass is 525 g/mol. The number of hydrogen-bond acceptors (Lipinski definition) is 3. The van der Waals surface area contributed by atoms with E-state index in [1.54, 1.807) is 0 Å². The lowest BCUT2D eigenvalue weighted by Gasteiger charge is -2.36. The Morgan fingerprint density at radius 3 is 1.27 bits per heavy atom. The van der Waals surface area contributed by atoms with Crippen LogP contribution in [0.2, 0.25) is 0 Å². The summed E-state index contributed by atoms with van der Waals surface area (Å²) in [6.07, 6.45) is 0.178. The van der Waals surface area contributed by atoms with Crippen LogP contribution in [0.3, 0.4) is 0 Å². The van der Waals surface area contributed by atoms with Gasteiger partial charge in [0.1, 0.15) is 11.7 Å². The Morgan fingerprint density at radius 1 is 0.500 bits per heavy atom. The van der Waals surface area contributed by atoms with Crippen LogP contribution in [0.4, 0.5) is 0 Å². The van der Waals surface area contributed by atoms with Crippen LogP contribution in [0, 0.1) is 0 Å². The molecule has 0 bridgehead atoms. The van der Waals surface area contributed by atoms with E-state index in [0.29, 0.717) is 6.61 Å². The third-order valence-corrected chi connectivity index (χ3v) is 7.63. The zero-order chi connectivity index (χ0) is 27.0. The normalized spacial score (nSPS) is 16.6. The van der Waals surface area contributed by atoms with Crippen LogP contribution in [0.15, 0.2) is 152 Å². The Bertz CT molecular complexity index is 1310. The highest BCUT2D eigenvalue weighted by Crippen LogP contribution is 2.41. The van der Waals surface area contributed by atoms with Gasteiger partial charge in [-0.05, 0) is 27.8 Å². The van der Waals surface area contributed by atoms with Gasteiger partial charge >= 0.3 is 0 Å².